The minimum Gasteiger partial charge on any atom is -0.354 e. The lowest BCUT2D eigenvalue weighted by Crippen LogP contribution is -2.40. The first-order valence-corrected chi connectivity index (χ1v) is 5.57. The molecule has 0 aliphatic rings. The molecule has 0 aromatic carbocycles. The van der Waals surface area contributed by atoms with Crippen LogP contribution in [0.5, 0.6) is 0 Å². The van der Waals surface area contributed by atoms with Gasteiger partial charge in [-0.1, -0.05) is 27.7 Å². The molecule has 2 atom stereocenters. The molecule has 0 aromatic rings. The maximum Gasteiger partial charge on any atom is 0.240 e. The van der Waals surface area contributed by atoms with Gasteiger partial charge in [-0.15, -0.1) is 0 Å². The molecule has 15 heavy (non-hydrogen) atoms. The molecule has 86 valence electrons. The van der Waals surface area contributed by atoms with Crippen LogP contribution in [-0.2, 0) is 4.79 Å². The number of nitrogens with one attached hydrogen (secondary N) is 1. The van der Waals surface area contributed by atoms with Crippen LogP contribution in [0.3, 0.4) is 0 Å². The van der Waals surface area contributed by atoms with Gasteiger partial charge in [0.25, 0.3) is 0 Å². The highest BCUT2D eigenvalue weighted by atomic mass is 16.2. The Morgan fingerprint density at radius 3 is 2.33 bits per heavy atom. The minimum absolute atomic E-state index is 0.153. The second-order valence-corrected chi connectivity index (χ2v) is 4.73. The molecule has 0 radical (unpaired) electrons. The fourth-order valence-electron chi connectivity index (χ4n) is 0.975. The van der Waals surface area contributed by atoms with E-state index in [-0.39, 0.29) is 5.91 Å². The van der Waals surface area contributed by atoms with Gasteiger partial charge in [-0.2, -0.15) is 5.26 Å². The van der Waals surface area contributed by atoms with Gasteiger partial charge in [0.2, 0.25) is 5.91 Å². The summed E-state index contributed by atoms with van der Waals surface area (Å²) in [4.78, 5) is 11.7. The molecule has 0 aliphatic carbocycles. The lowest BCUT2D eigenvalue weighted by Gasteiger charge is -2.21. The van der Waals surface area contributed by atoms with E-state index in [1.807, 2.05) is 6.92 Å². The van der Waals surface area contributed by atoms with E-state index >= 15 is 0 Å². The Morgan fingerprint density at radius 1 is 1.47 bits per heavy atom. The summed E-state index contributed by atoms with van der Waals surface area (Å²) in [5.74, 6) is 0.828. The summed E-state index contributed by atoms with van der Waals surface area (Å²) in [6.07, 6.45) is 0.547. The van der Waals surface area contributed by atoms with Crippen molar-refractivity contribution in [2.45, 2.75) is 41.0 Å². The molecular formula is C12H22N2O. The summed E-state index contributed by atoms with van der Waals surface area (Å²) in [6.45, 7) is 10.5. The molecule has 2 unspecified atom stereocenters. The number of hydrogen-bond donors (Lipinski definition) is 1. The molecule has 0 bridgehead atoms. The van der Waals surface area contributed by atoms with Crippen molar-refractivity contribution in [3.8, 4) is 6.07 Å². The third-order valence-electron chi connectivity index (χ3n) is 3.18. The Bertz CT molecular complexity index is 255. The van der Waals surface area contributed by atoms with Crippen LogP contribution in [0.15, 0.2) is 0 Å². The molecule has 3 nitrogen and oxygen atoms in total. The summed E-state index contributed by atoms with van der Waals surface area (Å²) < 4.78 is 0. The molecule has 0 saturated heterocycles. The largest absolute Gasteiger partial charge is 0.354 e. The molecule has 3 heteroatoms. The van der Waals surface area contributed by atoms with Gasteiger partial charge in [-0.25, -0.2) is 0 Å². The highest BCUT2D eigenvalue weighted by Crippen LogP contribution is 2.19. The van der Waals surface area contributed by atoms with Crippen LogP contribution in [0, 0.1) is 28.6 Å². The zero-order valence-corrected chi connectivity index (χ0v) is 10.4. The molecule has 0 saturated carbocycles. The topological polar surface area (TPSA) is 52.9 Å². The summed E-state index contributed by atoms with van der Waals surface area (Å²) in [5.41, 5.74) is -0.878. The van der Waals surface area contributed by atoms with Crippen molar-refractivity contribution < 1.29 is 4.79 Å². The Labute approximate surface area is 92.9 Å². The fraction of sp³-hybridized carbons (Fsp3) is 0.833. The van der Waals surface area contributed by atoms with E-state index in [0.717, 1.165) is 0 Å². The quantitative estimate of drug-likeness (QED) is 0.757. The zero-order valence-electron chi connectivity index (χ0n) is 10.4. The first kappa shape index (κ1) is 14.0. The van der Waals surface area contributed by atoms with Gasteiger partial charge in [-0.05, 0) is 25.2 Å². The standard InChI is InChI=1S/C12H22N2O/c1-6-12(5,8-13)11(15)14-7-10(4)9(2)3/h9-10H,6-7H2,1-5H3,(H,14,15). The molecule has 0 rings (SSSR count). The van der Waals surface area contributed by atoms with Crippen LogP contribution in [0.2, 0.25) is 0 Å². The Kier molecular flexibility index (Phi) is 5.35. The van der Waals surface area contributed by atoms with Crippen LogP contribution in [0.4, 0.5) is 0 Å². The van der Waals surface area contributed by atoms with Crippen LogP contribution < -0.4 is 5.32 Å². The highest BCUT2D eigenvalue weighted by Gasteiger charge is 2.31. The third kappa shape index (κ3) is 3.91. The second-order valence-electron chi connectivity index (χ2n) is 4.73. The van der Waals surface area contributed by atoms with Gasteiger partial charge in [-0.3, -0.25) is 4.79 Å². The van der Waals surface area contributed by atoms with E-state index in [1.54, 1.807) is 6.92 Å². The molecule has 0 heterocycles. The van der Waals surface area contributed by atoms with Crippen molar-refractivity contribution in [3.63, 3.8) is 0 Å². The lowest BCUT2D eigenvalue weighted by molar-refractivity contribution is -0.127. The molecular weight excluding hydrogens is 188 g/mol. The minimum atomic E-state index is -0.878. The van der Waals surface area contributed by atoms with Crippen molar-refractivity contribution in [1.29, 1.82) is 5.26 Å². The molecule has 1 amide bonds. The summed E-state index contributed by atoms with van der Waals surface area (Å²) in [6, 6.07) is 2.07. The Morgan fingerprint density at radius 2 is 2.00 bits per heavy atom. The number of rotatable bonds is 5. The normalized spacial score (nSPS) is 16.6. The van der Waals surface area contributed by atoms with Gasteiger partial charge < -0.3 is 5.32 Å². The zero-order chi connectivity index (χ0) is 12.1. The van der Waals surface area contributed by atoms with Crippen molar-refractivity contribution in [2.75, 3.05) is 6.54 Å². The average molecular weight is 210 g/mol. The Balaban J connectivity index is 4.22. The van der Waals surface area contributed by atoms with E-state index in [1.165, 1.54) is 0 Å². The van der Waals surface area contributed by atoms with Crippen molar-refractivity contribution >= 4 is 5.91 Å². The molecule has 0 aliphatic heterocycles. The van der Waals surface area contributed by atoms with Crippen LogP contribution >= 0.6 is 0 Å². The Hall–Kier alpha value is -1.04. The van der Waals surface area contributed by atoms with Gasteiger partial charge >= 0.3 is 0 Å². The van der Waals surface area contributed by atoms with E-state index in [9.17, 15) is 4.79 Å². The predicted octanol–water partition coefficient (Wildman–Crippen LogP) is 2.33. The van der Waals surface area contributed by atoms with Crippen LogP contribution in [-0.4, -0.2) is 12.5 Å². The molecule has 0 spiro atoms. The number of amides is 1. The number of nitriles is 1. The smallest absolute Gasteiger partial charge is 0.240 e. The van der Waals surface area contributed by atoms with E-state index in [2.05, 4.69) is 32.2 Å². The third-order valence-corrected chi connectivity index (χ3v) is 3.18. The molecule has 1 N–H and O–H groups in total. The van der Waals surface area contributed by atoms with Crippen molar-refractivity contribution in [1.82, 2.24) is 5.32 Å². The van der Waals surface area contributed by atoms with Crippen molar-refractivity contribution in [2.24, 2.45) is 17.3 Å². The van der Waals surface area contributed by atoms with Gasteiger partial charge in [0.1, 0.15) is 5.41 Å². The van der Waals surface area contributed by atoms with E-state index < -0.39 is 5.41 Å². The van der Waals surface area contributed by atoms with E-state index in [0.29, 0.717) is 24.8 Å². The number of hydrogen-bond acceptors (Lipinski definition) is 2. The van der Waals surface area contributed by atoms with Gasteiger partial charge in [0, 0.05) is 6.54 Å². The molecule has 0 aromatic heterocycles. The number of carbonyl (C=O) groups is 1. The molecule has 0 fully saturated rings. The van der Waals surface area contributed by atoms with Crippen LogP contribution in [0.25, 0.3) is 0 Å². The second kappa shape index (κ2) is 5.75. The number of carbonyl (C=O) groups excluding carboxylic acids is 1. The summed E-state index contributed by atoms with van der Waals surface area (Å²) >= 11 is 0. The average Bonchev–Trinajstić information content (AvgIpc) is 2.23. The lowest BCUT2D eigenvalue weighted by atomic mass is 9.88. The SMILES string of the molecule is CCC(C)(C#N)C(=O)NCC(C)C(C)C. The number of nitrogens with zero attached hydrogens (tertiary/aromatic N) is 1. The predicted molar refractivity (Wildman–Crippen MR) is 61.0 cm³/mol. The monoisotopic (exact) mass is 210 g/mol. The maximum atomic E-state index is 11.7. The van der Waals surface area contributed by atoms with Gasteiger partial charge in [0.05, 0.1) is 6.07 Å². The summed E-state index contributed by atoms with van der Waals surface area (Å²) in [7, 11) is 0. The van der Waals surface area contributed by atoms with Gasteiger partial charge in [0.15, 0.2) is 0 Å². The van der Waals surface area contributed by atoms with Crippen molar-refractivity contribution in [3.05, 3.63) is 0 Å². The van der Waals surface area contributed by atoms with Crippen LogP contribution in [0.1, 0.15) is 41.0 Å². The van der Waals surface area contributed by atoms with E-state index in [4.69, 9.17) is 5.26 Å². The fourth-order valence-corrected chi connectivity index (χ4v) is 0.975. The maximum absolute atomic E-state index is 11.7. The first-order chi connectivity index (χ1) is 6.87. The highest BCUT2D eigenvalue weighted by molar-refractivity contribution is 5.84. The first-order valence-electron chi connectivity index (χ1n) is 5.57. The summed E-state index contributed by atoms with van der Waals surface area (Å²) in [5, 5.41) is 11.8.